The maximum absolute atomic E-state index is 11.9. The standard InChI is InChI=1S/C22H23N7O2/c1-25-16-10-22(21-26-27-28-29(21)11-16)17-6-4-14(19(23)30)8-12(17)2-3-13-9-15(20(24)31)5-7-18(13)22/h4-9,16,25H,2-3,10-11H2,1H3,(H2,23,30)(H2,24,31)/t16-/m0/s1. The molecule has 5 N–H and O–H groups in total. The molecule has 0 fully saturated rings. The Morgan fingerprint density at radius 3 is 2.13 bits per heavy atom. The third-order valence-electron chi connectivity index (χ3n) is 6.63. The fourth-order valence-corrected chi connectivity index (χ4v) is 5.18. The fourth-order valence-electron chi connectivity index (χ4n) is 5.18. The van der Waals surface area contributed by atoms with Crippen LogP contribution in [0, 0.1) is 0 Å². The van der Waals surface area contributed by atoms with Gasteiger partial charge in [0.1, 0.15) is 0 Å². The van der Waals surface area contributed by atoms with Crippen LogP contribution in [0.25, 0.3) is 0 Å². The molecule has 5 rings (SSSR count). The van der Waals surface area contributed by atoms with Crippen molar-refractivity contribution in [2.75, 3.05) is 7.05 Å². The molecule has 2 aromatic carbocycles. The number of benzene rings is 2. The van der Waals surface area contributed by atoms with Gasteiger partial charge in [-0.05, 0) is 83.3 Å². The van der Waals surface area contributed by atoms with Crippen molar-refractivity contribution in [3.05, 3.63) is 75.6 Å². The number of likely N-dealkylation sites (N-methyl/N-ethyl adjacent to an activating group) is 1. The van der Waals surface area contributed by atoms with E-state index in [1.807, 2.05) is 36.0 Å². The van der Waals surface area contributed by atoms with Gasteiger partial charge in [0.2, 0.25) is 11.8 Å². The van der Waals surface area contributed by atoms with Crippen molar-refractivity contribution in [3.63, 3.8) is 0 Å². The summed E-state index contributed by atoms with van der Waals surface area (Å²) >= 11 is 0. The maximum atomic E-state index is 11.9. The van der Waals surface area contributed by atoms with Crippen molar-refractivity contribution >= 4 is 11.8 Å². The number of nitrogens with two attached hydrogens (primary N) is 2. The van der Waals surface area contributed by atoms with Crippen molar-refractivity contribution in [3.8, 4) is 0 Å². The number of hydrogen-bond donors (Lipinski definition) is 3. The molecule has 1 aromatic heterocycles. The lowest BCUT2D eigenvalue weighted by Crippen LogP contribution is -2.48. The summed E-state index contributed by atoms with van der Waals surface area (Å²) < 4.78 is 1.84. The molecule has 9 heteroatoms. The first-order valence-corrected chi connectivity index (χ1v) is 10.2. The average Bonchev–Trinajstić information content (AvgIpc) is 3.21. The first-order valence-electron chi connectivity index (χ1n) is 10.2. The van der Waals surface area contributed by atoms with Crippen LogP contribution in [0.3, 0.4) is 0 Å². The smallest absolute Gasteiger partial charge is 0.248 e. The van der Waals surface area contributed by atoms with Crippen molar-refractivity contribution in [2.45, 2.75) is 37.3 Å². The molecule has 0 saturated carbocycles. The molecule has 31 heavy (non-hydrogen) atoms. The van der Waals surface area contributed by atoms with Crippen LogP contribution in [0.15, 0.2) is 36.4 Å². The molecule has 9 nitrogen and oxygen atoms in total. The molecule has 2 amide bonds. The zero-order valence-electron chi connectivity index (χ0n) is 17.1. The van der Waals surface area contributed by atoms with Crippen LogP contribution in [-0.4, -0.2) is 45.1 Å². The second-order valence-corrected chi connectivity index (χ2v) is 8.25. The molecule has 1 aliphatic heterocycles. The predicted octanol–water partition coefficient (Wildman–Crippen LogP) is 0.296. The molecule has 3 aromatic rings. The van der Waals surface area contributed by atoms with Crippen LogP contribution in [0.5, 0.6) is 0 Å². The molecule has 1 aliphatic carbocycles. The molecule has 2 aliphatic rings. The Balaban J connectivity index is 1.85. The summed E-state index contributed by atoms with van der Waals surface area (Å²) in [6.45, 7) is 0.657. The van der Waals surface area contributed by atoms with Gasteiger partial charge < -0.3 is 16.8 Å². The number of fused-ring (bicyclic) bond motifs is 6. The highest BCUT2D eigenvalue weighted by molar-refractivity contribution is 5.94. The summed E-state index contributed by atoms with van der Waals surface area (Å²) in [6.07, 6.45) is 2.12. The van der Waals surface area contributed by atoms with E-state index in [1.165, 1.54) is 0 Å². The molecule has 2 heterocycles. The van der Waals surface area contributed by atoms with E-state index in [-0.39, 0.29) is 6.04 Å². The number of carbonyl (C=O) groups excluding carboxylic acids is 2. The molecule has 1 spiro atoms. The zero-order chi connectivity index (χ0) is 21.8. The van der Waals surface area contributed by atoms with Gasteiger partial charge in [0.05, 0.1) is 12.0 Å². The topological polar surface area (TPSA) is 142 Å². The van der Waals surface area contributed by atoms with Crippen molar-refractivity contribution in [2.24, 2.45) is 11.5 Å². The second kappa shape index (κ2) is 6.98. The van der Waals surface area contributed by atoms with Crippen LogP contribution >= 0.6 is 0 Å². The highest BCUT2D eigenvalue weighted by Gasteiger charge is 2.49. The van der Waals surface area contributed by atoms with Crippen molar-refractivity contribution in [1.29, 1.82) is 0 Å². The molecule has 0 saturated heterocycles. The quantitative estimate of drug-likeness (QED) is 0.559. The molecular weight excluding hydrogens is 394 g/mol. The monoisotopic (exact) mass is 417 g/mol. The largest absolute Gasteiger partial charge is 0.366 e. The predicted molar refractivity (Wildman–Crippen MR) is 112 cm³/mol. The lowest BCUT2D eigenvalue weighted by atomic mass is 9.66. The Hall–Kier alpha value is -3.59. The van der Waals surface area contributed by atoms with E-state index < -0.39 is 17.2 Å². The third-order valence-corrected chi connectivity index (χ3v) is 6.63. The minimum Gasteiger partial charge on any atom is -0.366 e. The van der Waals surface area contributed by atoms with Gasteiger partial charge in [0.25, 0.3) is 0 Å². The van der Waals surface area contributed by atoms with Gasteiger partial charge in [-0.1, -0.05) is 12.1 Å². The van der Waals surface area contributed by atoms with E-state index in [0.29, 0.717) is 30.5 Å². The number of amides is 2. The highest BCUT2D eigenvalue weighted by atomic mass is 16.1. The van der Waals surface area contributed by atoms with Gasteiger partial charge in [-0.25, -0.2) is 4.68 Å². The average molecular weight is 417 g/mol. The van der Waals surface area contributed by atoms with Gasteiger partial charge in [-0.3, -0.25) is 9.59 Å². The molecule has 0 radical (unpaired) electrons. The maximum Gasteiger partial charge on any atom is 0.248 e. The first-order chi connectivity index (χ1) is 14.9. The van der Waals surface area contributed by atoms with Gasteiger partial charge in [0.15, 0.2) is 5.82 Å². The Kier molecular flexibility index (Phi) is 4.37. The van der Waals surface area contributed by atoms with Crippen molar-refractivity contribution in [1.82, 2.24) is 25.5 Å². The summed E-state index contributed by atoms with van der Waals surface area (Å²) in [5.74, 6) is -0.172. The number of primary amides is 2. The SMILES string of the molecule is CN[C@@H]1Cn2nnnc2C2(C1)c1ccc(C(N)=O)cc1CCc1cc(C(N)=O)ccc12. The van der Waals surface area contributed by atoms with Crippen LogP contribution in [-0.2, 0) is 24.8 Å². The van der Waals surface area contributed by atoms with E-state index >= 15 is 0 Å². The van der Waals surface area contributed by atoms with Crippen molar-refractivity contribution < 1.29 is 9.59 Å². The summed E-state index contributed by atoms with van der Waals surface area (Å²) in [7, 11) is 1.93. The number of carbonyl (C=O) groups is 2. The van der Waals surface area contributed by atoms with E-state index in [2.05, 4.69) is 20.8 Å². The third kappa shape index (κ3) is 2.84. The van der Waals surface area contributed by atoms with E-state index in [1.54, 1.807) is 12.1 Å². The molecule has 0 bridgehead atoms. The highest BCUT2D eigenvalue weighted by Crippen LogP contribution is 2.49. The number of aromatic nitrogens is 4. The Morgan fingerprint density at radius 1 is 1.03 bits per heavy atom. The molecule has 158 valence electrons. The summed E-state index contributed by atoms with van der Waals surface area (Å²) in [5.41, 5.74) is 15.6. The second-order valence-electron chi connectivity index (χ2n) is 8.25. The van der Waals surface area contributed by atoms with Crippen LogP contribution in [0.1, 0.15) is 55.2 Å². The van der Waals surface area contributed by atoms with Gasteiger partial charge in [-0.15, -0.1) is 5.10 Å². The molecule has 0 unspecified atom stereocenters. The Bertz CT molecular complexity index is 1150. The minimum absolute atomic E-state index is 0.126. The zero-order valence-corrected chi connectivity index (χ0v) is 17.1. The Morgan fingerprint density at radius 2 is 1.61 bits per heavy atom. The van der Waals surface area contributed by atoms with Crippen LogP contribution in [0.2, 0.25) is 0 Å². The van der Waals surface area contributed by atoms with Gasteiger partial charge >= 0.3 is 0 Å². The van der Waals surface area contributed by atoms with Gasteiger partial charge in [-0.2, -0.15) is 0 Å². The number of tetrazole rings is 1. The summed E-state index contributed by atoms with van der Waals surface area (Å²) in [6, 6.07) is 11.4. The lowest BCUT2D eigenvalue weighted by Gasteiger charge is -2.41. The minimum atomic E-state index is -0.636. The number of rotatable bonds is 3. The van der Waals surface area contributed by atoms with Gasteiger partial charge in [0, 0.05) is 17.2 Å². The Labute approximate surface area is 178 Å². The normalized spacial score (nSPS) is 18.5. The van der Waals surface area contributed by atoms with Crippen LogP contribution < -0.4 is 16.8 Å². The number of aryl methyl sites for hydroxylation is 2. The lowest BCUT2D eigenvalue weighted by molar-refractivity contribution is 0.0991. The van der Waals surface area contributed by atoms with E-state index in [0.717, 1.165) is 34.5 Å². The number of nitrogens with one attached hydrogen (secondary N) is 1. The molecule has 1 atom stereocenters. The number of nitrogens with zero attached hydrogens (tertiary/aromatic N) is 4. The molecular formula is C22H23N7O2. The summed E-state index contributed by atoms with van der Waals surface area (Å²) in [4.78, 5) is 23.7. The van der Waals surface area contributed by atoms with E-state index in [4.69, 9.17) is 11.5 Å². The van der Waals surface area contributed by atoms with Crippen LogP contribution in [0.4, 0.5) is 0 Å². The fraction of sp³-hybridized carbons (Fsp3) is 0.318. The summed E-state index contributed by atoms with van der Waals surface area (Å²) in [5, 5.41) is 16.0. The first kappa shape index (κ1) is 19.4. The van der Waals surface area contributed by atoms with E-state index in [9.17, 15) is 9.59 Å². The number of hydrogen-bond acceptors (Lipinski definition) is 6.